The number of thiophene rings is 1. The Morgan fingerprint density at radius 3 is 2.31 bits per heavy atom. The number of hydrogen-bond donors (Lipinski definition) is 1. The summed E-state index contributed by atoms with van der Waals surface area (Å²) in [6.07, 6.45) is 0. The molecule has 0 amide bonds. The van der Waals surface area contributed by atoms with Crippen LogP contribution in [-0.2, 0) is 10.0 Å². The van der Waals surface area contributed by atoms with Crippen LogP contribution in [0.5, 0.6) is 0 Å². The first-order valence-corrected chi connectivity index (χ1v) is 7.92. The molecule has 0 saturated carbocycles. The number of hydrogen-bond acceptors (Lipinski definition) is 3. The molecular formula is C9H13Cl2NO2S2. The molecule has 0 fully saturated rings. The minimum atomic E-state index is -3.52. The highest BCUT2D eigenvalue weighted by Crippen LogP contribution is 2.22. The standard InChI is InChI=1S/C9H13Cl2NO2S2/c1-7-3-4-8(15-7)16(13,14)12-9(2,5-10)6-11/h3-4,12H,5-6H2,1-2H3. The van der Waals surface area contributed by atoms with E-state index in [1.54, 1.807) is 19.1 Å². The monoisotopic (exact) mass is 301 g/mol. The van der Waals surface area contributed by atoms with Gasteiger partial charge in [0.05, 0.1) is 5.54 Å². The van der Waals surface area contributed by atoms with Crippen molar-refractivity contribution in [3.8, 4) is 0 Å². The van der Waals surface area contributed by atoms with Gasteiger partial charge < -0.3 is 0 Å². The van der Waals surface area contributed by atoms with E-state index in [4.69, 9.17) is 23.2 Å². The average Bonchev–Trinajstić information content (AvgIpc) is 2.65. The van der Waals surface area contributed by atoms with Crippen molar-refractivity contribution in [1.29, 1.82) is 0 Å². The molecule has 1 aromatic rings. The maximum atomic E-state index is 12.0. The molecule has 0 bridgehead atoms. The molecule has 3 nitrogen and oxygen atoms in total. The molecule has 0 radical (unpaired) electrons. The van der Waals surface area contributed by atoms with Crippen LogP contribution in [0, 0.1) is 6.92 Å². The van der Waals surface area contributed by atoms with Crippen molar-refractivity contribution in [3.05, 3.63) is 17.0 Å². The van der Waals surface area contributed by atoms with Gasteiger partial charge in [-0.15, -0.1) is 34.5 Å². The normalized spacial score (nSPS) is 13.0. The smallest absolute Gasteiger partial charge is 0.206 e. The van der Waals surface area contributed by atoms with Gasteiger partial charge in [0.1, 0.15) is 4.21 Å². The van der Waals surface area contributed by atoms with Crippen LogP contribution in [0.15, 0.2) is 16.3 Å². The zero-order chi connectivity index (χ0) is 12.4. The van der Waals surface area contributed by atoms with Crippen molar-refractivity contribution in [2.45, 2.75) is 23.6 Å². The van der Waals surface area contributed by atoms with Crippen molar-refractivity contribution in [3.63, 3.8) is 0 Å². The van der Waals surface area contributed by atoms with E-state index in [0.29, 0.717) is 0 Å². The summed E-state index contributed by atoms with van der Waals surface area (Å²) in [7, 11) is -3.52. The van der Waals surface area contributed by atoms with Crippen LogP contribution in [0.1, 0.15) is 11.8 Å². The highest BCUT2D eigenvalue weighted by Gasteiger charge is 2.29. The Bertz CT molecular complexity index is 452. The lowest BCUT2D eigenvalue weighted by atomic mass is 10.1. The minimum absolute atomic E-state index is 0.125. The summed E-state index contributed by atoms with van der Waals surface area (Å²) >= 11 is 12.6. The molecule has 92 valence electrons. The zero-order valence-electron chi connectivity index (χ0n) is 8.96. The third kappa shape index (κ3) is 3.34. The number of sulfonamides is 1. The molecule has 0 aliphatic rings. The third-order valence-electron chi connectivity index (χ3n) is 1.95. The molecule has 1 rings (SSSR count). The summed E-state index contributed by atoms with van der Waals surface area (Å²) in [5.74, 6) is 0.250. The molecular weight excluding hydrogens is 289 g/mol. The number of halogens is 2. The van der Waals surface area contributed by atoms with Crippen molar-refractivity contribution < 1.29 is 8.42 Å². The van der Waals surface area contributed by atoms with Gasteiger partial charge in [0.25, 0.3) is 10.0 Å². The highest BCUT2D eigenvalue weighted by molar-refractivity contribution is 7.91. The minimum Gasteiger partial charge on any atom is -0.206 e. The van der Waals surface area contributed by atoms with E-state index in [1.807, 2.05) is 6.92 Å². The molecule has 0 atom stereocenters. The topological polar surface area (TPSA) is 46.2 Å². The van der Waals surface area contributed by atoms with Gasteiger partial charge in [-0.1, -0.05) is 0 Å². The zero-order valence-corrected chi connectivity index (χ0v) is 12.1. The van der Waals surface area contributed by atoms with Gasteiger partial charge in [0, 0.05) is 16.6 Å². The molecule has 1 N–H and O–H groups in total. The predicted molar refractivity (Wildman–Crippen MR) is 69.2 cm³/mol. The Morgan fingerprint density at radius 2 is 1.94 bits per heavy atom. The first-order valence-electron chi connectivity index (χ1n) is 4.55. The molecule has 0 aromatic carbocycles. The van der Waals surface area contributed by atoms with E-state index < -0.39 is 15.6 Å². The van der Waals surface area contributed by atoms with Gasteiger partial charge >= 0.3 is 0 Å². The fourth-order valence-electron chi connectivity index (χ4n) is 1.02. The van der Waals surface area contributed by atoms with Gasteiger partial charge in [-0.3, -0.25) is 0 Å². The van der Waals surface area contributed by atoms with E-state index in [0.717, 1.165) is 4.88 Å². The van der Waals surface area contributed by atoms with Crippen molar-refractivity contribution in [1.82, 2.24) is 4.72 Å². The number of aryl methyl sites for hydroxylation is 1. The number of rotatable bonds is 5. The molecule has 0 aliphatic carbocycles. The second-order valence-corrected chi connectivity index (χ2v) is 7.53. The molecule has 0 aliphatic heterocycles. The van der Waals surface area contributed by atoms with Gasteiger partial charge in [-0.2, -0.15) is 0 Å². The van der Waals surface area contributed by atoms with Crippen molar-refractivity contribution in [2.24, 2.45) is 0 Å². The maximum absolute atomic E-state index is 12.0. The summed E-state index contributed by atoms with van der Waals surface area (Å²) in [5.41, 5.74) is -0.820. The Labute approximate surface area is 110 Å². The van der Waals surface area contributed by atoms with Crippen molar-refractivity contribution in [2.75, 3.05) is 11.8 Å². The van der Waals surface area contributed by atoms with Gasteiger partial charge in [-0.25, -0.2) is 13.1 Å². The Hall–Kier alpha value is 0.190. The molecule has 1 aromatic heterocycles. The quantitative estimate of drug-likeness (QED) is 0.850. The van der Waals surface area contributed by atoms with Crippen LogP contribution in [0.25, 0.3) is 0 Å². The van der Waals surface area contributed by atoms with Crippen LogP contribution < -0.4 is 4.72 Å². The van der Waals surface area contributed by atoms with Crippen LogP contribution in [0.2, 0.25) is 0 Å². The summed E-state index contributed by atoms with van der Waals surface area (Å²) in [5, 5.41) is 0. The molecule has 7 heteroatoms. The van der Waals surface area contributed by atoms with Gasteiger partial charge in [0.2, 0.25) is 0 Å². The fraction of sp³-hybridized carbons (Fsp3) is 0.556. The first-order chi connectivity index (χ1) is 7.33. The molecule has 16 heavy (non-hydrogen) atoms. The van der Waals surface area contributed by atoms with Crippen LogP contribution in [0.3, 0.4) is 0 Å². The number of nitrogens with one attached hydrogen (secondary N) is 1. The molecule has 0 unspecified atom stereocenters. The van der Waals surface area contributed by atoms with Crippen LogP contribution in [0.4, 0.5) is 0 Å². The van der Waals surface area contributed by atoms with E-state index >= 15 is 0 Å². The lowest BCUT2D eigenvalue weighted by Crippen LogP contribution is -2.48. The third-order valence-corrected chi connectivity index (χ3v) is 6.26. The van der Waals surface area contributed by atoms with E-state index in [2.05, 4.69) is 4.72 Å². The van der Waals surface area contributed by atoms with Crippen LogP contribution >= 0.6 is 34.5 Å². The summed E-state index contributed by atoms with van der Waals surface area (Å²) in [6.45, 7) is 3.52. The maximum Gasteiger partial charge on any atom is 0.250 e. The van der Waals surface area contributed by atoms with E-state index in [-0.39, 0.29) is 16.0 Å². The first kappa shape index (κ1) is 14.3. The second-order valence-electron chi connectivity index (χ2n) is 3.80. The van der Waals surface area contributed by atoms with E-state index in [9.17, 15) is 8.42 Å². The Kier molecular flexibility index (Phi) is 4.66. The average molecular weight is 302 g/mol. The van der Waals surface area contributed by atoms with Gasteiger partial charge in [0.15, 0.2) is 0 Å². The summed E-state index contributed by atoms with van der Waals surface area (Å²) < 4.78 is 26.7. The number of alkyl halides is 2. The fourth-order valence-corrected chi connectivity index (χ4v) is 4.29. The molecule has 0 spiro atoms. The molecule has 1 heterocycles. The second kappa shape index (κ2) is 5.23. The SMILES string of the molecule is Cc1ccc(S(=O)(=O)NC(C)(CCl)CCl)s1. The van der Waals surface area contributed by atoms with Crippen molar-refractivity contribution >= 4 is 44.6 Å². The Morgan fingerprint density at radius 1 is 1.38 bits per heavy atom. The Balaban J connectivity index is 2.96. The summed E-state index contributed by atoms with van der Waals surface area (Å²) in [6, 6.07) is 3.34. The lowest BCUT2D eigenvalue weighted by molar-refractivity contribution is 0.501. The predicted octanol–water partition coefficient (Wildman–Crippen LogP) is 2.57. The summed E-state index contributed by atoms with van der Waals surface area (Å²) in [4.78, 5) is 0.943. The lowest BCUT2D eigenvalue weighted by Gasteiger charge is -2.24. The molecule has 0 saturated heterocycles. The largest absolute Gasteiger partial charge is 0.250 e. The van der Waals surface area contributed by atoms with Crippen LogP contribution in [-0.4, -0.2) is 25.7 Å². The van der Waals surface area contributed by atoms with E-state index in [1.165, 1.54) is 11.3 Å². The van der Waals surface area contributed by atoms with Gasteiger partial charge in [-0.05, 0) is 26.0 Å². The highest BCUT2D eigenvalue weighted by atomic mass is 35.5.